The van der Waals surface area contributed by atoms with Gasteiger partial charge in [-0.15, -0.1) is 11.3 Å². The molecule has 140 valence electrons. The number of aliphatic carboxylic acids is 1. The van der Waals surface area contributed by atoms with E-state index in [0.29, 0.717) is 24.1 Å². The van der Waals surface area contributed by atoms with Crippen molar-refractivity contribution in [1.82, 2.24) is 0 Å². The molecule has 1 aromatic carbocycles. The summed E-state index contributed by atoms with van der Waals surface area (Å²) in [5, 5.41) is 9.98. The second-order valence-electron chi connectivity index (χ2n) is 5.81. The number of methoxy groups -OCH3 is 1. The first-order valence-electron chi connectivity index (χ1n) is 8.09. The molecule has 0 unspecified atom stereocenters. The number of aldehydes is 1. The molecule has 1 N–H and O–H groups in total. The Morgan fingerprint density at radius 2 is 2.11 bits per heavy atom. The molecular weight excluding hydrogens is 362 g/mol. The molecule has 0 aliphatic heterocycles. The lowest BCUT2D eigenvalue weighted by molar-refractivity contribution is -0.133. The number of thiophene rings is 1. The first-order chi connectivity index (χ1) is 12.9. The highest BCUT2D eigenvalue weighted by Crippen LogP contribution is 2.27. The first kappa shape index (κ1) is 20.2. The minimum atomic E-state index is -1.28. The summed E-state index contributed by atoms with van der Waals surface area (Å²) in [6.45, 7) is 8.44. The maximum atomic E-state index is 11.0. The van der Waals surface area contributed by atoms with Crippen LogP contribution in [0.1, 0.15) is 10.4 Å². The van der Waals surface area contributed by atoms with Crippen LogP contribution in [-0.4, -0.2) is 31.5 Å². The van der Waals surface area contributed by atoms with Crippen molar-refractivity contribution in [2.24, 2.45) is 0 Å². The number of carboxylic acid groups (broad SMARTS) is 1. The van der Waals surface area contributed by atoms with Crippen LogP contribution in [-0.2, 0) is 16.1 Å². The molecule has 0 spiro atoms. The lowest BCUT2D eigenvalue weighted by Gasteiger charge is -2.20. The van der Waals surface area contributed by atoms with Crippen molar-refractivity contribution >= 4 is 48.0 Å². The van der Waals surface area contributed by atoms with E-state index >= 15 is 0 Å². The van der Waals surface area contributed by atoms with Gasteiger partial charge in [0, 0.05) is 33.8 Å². The molecule has 0 saturated heterocycles. The Labute approximate surface area is 161 Å². The first-order valence-corrected chi connectivity index (χ1v) is 8.91. The predicted octanol–water partition coefficient (Wildman–Crippen LogP) is 2.44. The van der Waals surface area contributed by atoms with Crippen LogP contribution in [0.15, 0.2) is 42.5 Å². The average molecular weight is 383 g/mol. The number of allylic oxidation sites excluding steroid dienone is 1. The second-order valence-corrected chi connectivity index (χ2v) is 6.98. The molecule has 2 rings (SSSR count). The van der Waals surface area contributed by atoms with E-state index in [1.807, 2.05) is 31.3 Å². The third-order valence-electron chi connectivity index (χ3n) is 3.90. The number of ether oxygens (including phenoxy) is 1. The molecule has 0 aliphatic carbocycles. The van der Waals surface area contributed by atoms with Crippen LogP contribution in [0.4, 0.5) is 5.69 Å². The number of rotatable bonds is 8. The van der Waals surface area contributed by atoms with Crippen LogP contribution in [0.5, 0.6) is 5.75 Å². The molecule has 27 heavy (non-hydrogen) atoms. The summed E-state index contributed by atoms with van der Waals surface area (Å²) in [5.74, 6) is -0.785. The van der Waals surface area contributed by atoms with E-state index in [2.05, 4.69) is 18.1 Å². The number of anilines is 1. The zero-order valence-corrected chi connectivity index (χ0v) is 16.1. The van der Waals surface area contributed by atoms with Crippen molar-refractivity contribution < 1.29 is 19.4 Å². The number of benzene rings is 1. The number of carboxylic acids is 1. The van der Waals surface area contributed by atoms with Gasteiger partial charge in [-0.3, -0.25) is 4.79 Å². The van der Waals surface area contributed by atoms with Crippen molar-refractivity contribution in [3.63, 3.8) is 0 Å². The summed E-state index contributed by atoms with van der Waals surface area (Å²) in [4.78, 5) is 25.1. The van der Waals surface area contributed by atoms with Crippen molar-refractivity contribution in [1.29, 1.82) is 0 Å². The van der Waals surface area contributed by atoms with Gasteiger partial charge in [0.25, 0.3) is 0 Å². The quantitative estimate of drug-likeness (QED) is 0.328. The Balaban J connectivity index is 2.31. The number of carbonyl (C=O) groups is 2. The Kier molecular flexibility index (Phi) is 6.73. The summed E-state index contributed by atoms with van der Waals surface area (Å²) >= 11 is 1.66. The fourth-order valence-corrected chi connectivity index (χ4v) is 3.62. The fraction of sp³-hybridized carbons (Fsp3) is 0.143. The highest BCUT2D eigenvalue weighted by molar-refractivity contribution is 7.09. The van der Waals surface area contributed by atoms with E-state index in [4.69, 9.17) is 9.84 Å². The molecule has 0 aliphatic rings. The molecule has 6 heteroatoms. The lowest BCUT2D eigenvalue weighted by atomic mass is 10.1. The maximum absolute atomic E-state index is 11.0. The Hall–Kier alpha value is -3.12. The van der Waals surface area contributed by atoms with E-state index in [9.17, 15) is 9.59 Å². The predicted molar refractivity (Wildman–Crippen MR) is 111 cm³/mol. The van der Waals surface area contributed by atoms with Crippen LogP contribution in [0.25, 0.3) is 18.7 Å². The minimum absolute atomic E-state index is 0.312. The third-order valence-corrected chi connectivity index (χ3v) is 5.03. The van der Waals surface area contributed by atoms with Gasteiger partial charge in [-0.25, -0.2) is 4.79 Å². The topological polar surface area (TPSA) is 66.8 Å². The number of carbonyl (C=O) groups excluding carboxylic acids is 1. The highest BCUT2D eigenvalue weighted by Gasteiger charge is 2.11. The van der Waals surface area contributed by atoms with Gasteiger partial charge in [-0.1, -0.05) is 19.2 Å². The molecule has 5 nitrogen and oxygen atoms in total. The summed E-state index contributed by atoms with van der Waals surface area (Å²) in [6, 6.07) is 7.45. The van der Waals surface area contributed by atoms with Gasteiger partial charge in [0.2, 0.25) is 0 Å². The molecule has 0 atom stereocenters. The second kappa shape index (κ2) is 9.00. The Morgan fingerprint density at radius 3 is 2.70 bits per heavy atom. The smallest absolute Gasteiger partial charge is 0.339 e. The van der Waals surface area contributed by atoms with Crippen LogP contribution in [0.3, 0.4) is 0 Å². The molecule has 1 heterocycles. The van der Waals surface area contributed by atoms with Crippen molar-refractivity contribution in [2.45, 2.75) is 6.54 Å². The van der Waals surface area contributed by atoms with E-state index in [-0.39, 0.29) is 5.57 Å². The van der Waals surface area contributed by atoms with Gasteiger partial charge in [0.1, 0.15) is 5.75 Å². The van der Waals surface area contributed by atoms with E-state index in [1.54, 1.807) is 23.5 Å². The summed E-state index contributed by atoms with van der Waals surface area (Å²) in [7, 11) is 3.46. The van der Waals surface area contributed by atoms with Crippen LogP contribution in [0.2, 0.25) is 0 Å². The molecule has 0 radical (unpaired) electrons. The maximum Gasteiger partial charge on any atom is 0.339 e. The summed E-state index contributed by atoms with van der Waals surface area (Å²) in [6.07, 6.45) is 5.29. The van der Waals surface area contributed by atoms with Crippen molar-refractivity contribution in [2.75, 3.05) is 19.1 Å². The van der Waals surface area contributed by atoms with Crippen LogP contribution >= 0.6 is 11.3 Å². The van der Waals surface area contributed by atoms with Crippen molar-refractivity contribution in [3.05, 3.63) is 62.7 Å². The van der Waals surface area contributed by atoms with E-state index < -0.39 is 5.97 Å². The zero-order valence-electron chi connectivity index (χ0n) is 15.3. The normalized spacial score (nSPS) is 11.9. The van der Waals surface area contributed by atoms with Gasteiger partial charge in [0.15, 0.2) is 6.29 Å². The Bertz CT molecular complexity index is 1000. The molecule has 0 saturated carbocycles. The molecule has 1 aromatic heterocycles. The van der Waals surface area contributed by atoms with E-state index in [0.717, 1.165) is 20.3 Å². The number of hydrogen-bond acceptors (Lipinski definition) is 5. The number of hydrogen-bond donors (Lipinski definition) is 1. The molecular formula is C21H21NO4S. The average Bonchev–Trinajstić information content (AvgIpc) is 2.98. The summed E-state index contributed by atoms with van der Waals surface area (Å²) < 4.78 is 6.45. The molecule has 2 aromatic rings. The highest BCUT2D eigenvalue weighted by atomic mass is 32.1. The summed E-state index contributed by atoms with van der Waals surface area (Å²) in [5.41, 5.74) is 1.10. The SMILES string of the molecule is C=C/C=c1/sc(CN(C)c2ccc(/C=C(\C=O)C(=O)O)c(OC)c2)cc1=C. The van der Waals surface area contributed by atoms with Gasteiger partial charge >= 0.3 is 5.97 Å². The lowest BCUT2D eigenvalue weighted by Crippen LogP contribution is -2.16. The van der Waals surface area contributed by atoms with E-state index in [1.165, 1.54) is 13.2 Å². The third kappa shape index (κ3) is 4.95. The van der Waals surface area contributed by atoms with Crippen LogP contribution < -0.4 is 19.4 Å². The standard InChI is InChI=1S/C21H21NO4S/c1-5-6-20-14(2)9-18(27-20)12-22(3)17-8-7-15(19(11-17)26-4)10-16(13-23)21(24)25/h5-11,13H,1-2,12H2,3-4H3,(H,24,25)/b16-10+,20-6+. The Morgan fingerprint density at radius 1 is 1.37 bits per heavy atom. The van der Waals surface area contributed by atoms with Crippen molar-refractivity contribution in [3.8, 4) is 5.75 Å². The van der Waals surface area contributed by atoms with Gasteiger partial charge in [-0.05, 0) is 35.6 Å². The minimum Gasteiger partial charge on any atom is -0.496 e. The van der Waals surface area contributed by atoms with Gasteiger partial charge < -0.3 is 14.7 Å². The van der Waals surface area contributed by atoms with Gasteiger partial charge in [0.05, 0.1) is 19.2 Å². The molecule has 0 amide bonds. The van der Waals surface area contributed by atoms with Crippen LogP contribution in [0, 0.1) is 0 Å². The molecule has 0 fully saturated rings. The zero-order chi connectivity index (χ0) is 20.0. The molecule has 0 bridgehead atoms. The monoisotopic (exact) mass is 383 g/mol. The fourth-order valence-electron chi connectivity index (χ4n) is 2.52. The number of nitrogens with zero attached hydrogens (tertiary/aromatic N) is 1. The largest absolute Gasteiger partial charge is 0.496 e. The van der Waals surface area contributed by atoms with Gasteiger partial charge in [-0.2, -0.15) is 0 Å².